The van der Waals surface area contributed by atoms with E-state index in [0.29, 0.717) is 13.2 Å². The molecule has 0 aliphatic heterocycles. The molecule has 0 radical (unpaired) electrons. The molecule has 0 atom stereocenters. The summed E-state index contributed by atoms with van der Waals surface area (Å²) in [6.07, 6.45) is 0. The minimum absolute atomic E-state index is 0.0278. The molecule has 0 bridgehead atoms. The van der Waals surface area contributed by atoms with Crippen molar-refractivity contribution in [1.29, 1.82) is 0 Å². The van der Waals surface area contributed by atoms with Crippen LogP contribution in [0.25, 0.3) is 0 Å². The van der Waals surface area contributed by atoms with Crippen LogP contribution in [-0.4, -0.2) is 58.2 Å². The predicted molar refractivity (Wildman–Crippen MR) is 71.6 cm³/mol. The number of rotatable bonds is 8. The average molecular weight is 362 g/mol. The molecule has 1 aromatic rings. The van der Waals surface area contributed by atoms with Gasteiger partial charge in [0.1, 0.15) is 0 Å². The van der Waals surface area contributed by atoms with Gasteiger partial charge >= 0.3 is 7.32 Å². The Morgan fingerprint density at radius 2 is 1.12 bits per heavy atom. The highest BCUT2D eigenvalue weighted by molar-refractivity contribution is 6.37. The van der Waals surface area contributed by atoms with Gasteiger partial charge in [0.05, 0.1) is 26.4 Å². The van der Waals surface area contributed by atoms with E-state index in [1.165, 1.54) is 0 Å². The molecule has 12 heteroatoms. The van der Waals surface area contributed by atoms with Crippen LogP contribution in [0.1, 0.15) is 0 Å². The first-order valence-electron chi connectivity index (χ1n) is 6.38. The van der Waals surface area contributed by atoms with E-state index < -0.39 is 42.2 Å². The Labute approximate surface area is 134 Å². The van der Waals surface area contributed by atoms with Crippen LogP contribution < -0.4 is 4.65 Å². The summed E-state index contributed by atoms with van der Waals surface area (Å²) in [7, 11) is 0.517. The molecule has 6 nitrogen and oxygen atoms in total. The fraction of sp³-hybridized carbons (Fsp3) is 0.500. The first kappa shape index (κ1) is 22.5. The minimum atomic E-state index is -2.27. The molecule has 0 heterocycles. The fourth-order valence-corrected chi connectivity index (χ4v) is 1.21. The molecule has 0 aromatic heterocycles. The highest BCUT2D eigenvalue weighted by Gasteiger charge is 2.31. The van der Waals surface area contributed by atoms with E-state index in [9.17, 15) is 22.0 Å². The van der Waals surface area contributed by atoms with Crippen molar-refractivity contribution in [1.82, 2.24) is 0 Å². The first-order valence-corrected chi connectivity index (χ1v) is 6.38. The molecular formula is C12H16BF5O6. The van der Waals surface area contributed by atoms with Crippen molar-refractivity contribution in [2.45, 2.75) is 0 Å². The smallest absolute Gasteiger partial charge is 0.507 e. The van der Waals surface area contributed by atoms with Crippen molar-refractivity contribution in [3.05, 3.63) is 29.1 Å². The lowest BCUT2D eigenvalue weighted by atomic mass is 10.2. The Kier molecular flexibility index (Phi) is 11.2. The number of halogens is 5. The highest BCUT2D eigenvalue weighted by Crippen LogP contribution is 2.29. The molecule has 0 fully saturated rings. The third kappa shape index (κ3) is 6.57. The Balaban J connectivity index is 0.000000640. The largest absolute Gasteiger partial charge is 0.712 e. The van der Waals surface area contributed by atoms with Gasteiger partial charge in [0.15, 0.2) is 5.75 Å². The third-order valence-electron chi connectivity index (χ3n) is 2.24. The molecule has 0 saturated heterocycles. The molecule has 1 aromatic carbocycles. The van der Waals surface area contributed by atoms with E-state index in [0.717, 1.165) is 14.2 Å². The van der Waals surface area contributed by atoms with Gasteiger partial charge in [0.2, 0.25) is 29.1 Å². The van der Waals surface area contributed by atoms with Crippen molar-refractivity contribution in [2.75, 3.05) is 40.6 Å². The fourth-order valence-electron chi connectivity index (χ4n) is 1.21. The second-order valence-electron chi connectivity index (χ2n) is 3.84. The van der Waals surface area contributed by atoms with Crippen molar-refractivity contribution in [3.8, 4) is 5.75 Å². The van der Waals surface area contributed by atoms with Crippen LogP contribution in [0, 0.1) is 29.1 Å². The number of aliphatic hydroxyl groups excluding tert-OH is 2. The van der Waals surface area contributed by atoms with Crippen LogP contribution in [-0.2, 0) is 14.0 Å². The monoisotopic (exact) mass is 362 g/mol. The molecule has 0 saturated carbocycles. The molecule has 138 valence electrons. The summed E-state index contributed by atoms with van der Waals surface area (Å²) in [6.45, 7) is 0.696. The van der Waals surface area contributed by atoms with Gasteiger partial charge in [-0.1, -0.05) is 0 Å². The standard InChI is InChI=1S/C8H6BF5O3.C4H10O3/c1-15-9(16-2)17-8-6(13)4(11)3(10)5(12)7(8)14;5-1-3-7-4-2-6/h1-2H3;5-6H,1-4H2. The predicted octanol–water partition coefficient (Wildman–Crippen LogP) is 1.03. The number of aliphatic hydroxyl groups is 2. The summed E-state index contributed by atoms with van der Waals surface area (Å²) < 4.78 is 82.1. The van der Waals surface area contributed by atoms with Gasteiger partial charge in [-0.2, -0.15) is 8.78 Å². The maximum atomic E-state index is 13.1. The van der Waals surface area contributed by atoms with Crippen LogP contribution in [0.15, 0.2) is 0 Å². The number of benzene rings is 1. The molecule has 0 spiro atoms. The Morgan fingerprint density at radius 3 is 1.46 bits per heavy atom. The van der Waals surface area contributed by atoms with Gasteiger partial charge in [-0.05, 0) is 0 Å². The van der Waals surface area contributed by atoms with Crippen LogP contribution in [0.2, 0.25) is 0 Å². The second-order valence-corrected chi connectivity index (χ2v) is 3.84. The van der Waals surface area contributed by atoms with Crippen molar-refractivity contribution in [3.63, 3.8) is 0 Å². The summed E-state index contributed by atoms with van der Waals surface area (Å²) in [5.74, 6) is -12.1. The lowest BCUT2D eigenvalue weighted by Crippen LogP contribution is -2.28. The summed E-state index contributed by atoms with van der Waals surface area (Å²) in [5.41, 5.74) is 0. The molecule has 0 aliphatic carbocycles. The molecule has 24 heavy (non-hydrogen) atoms. The molecule has 0 aliphatic rings. The summed E-state index contributed by atoms with van der Waals surface area (Å²) in [6, 6.07) is 0. The van der Waals surface area contributed by atoms with Crippen molar-refractivity contribution < 1.29 is 50.9 Å². The zero-order chi connectivity index (χ0) is 18.7. The maximum absolute atomic E-state index is 13.1. The van der Waals surface area contributed by atoms with E-state index in [1.807, 2.05) is 0 Å². The average Bonchev–Trinajstić information content (AvgIpc) is 2.60. The van der Waals surface area contributed by atoms with Gasteiger partial charge in [-0.3, -0.25) is 0 Å². The Morgan fingerprint density at radius 1 is 0.750 bits per heavy atom. The van der Waals surface area contributed by atoms with Gasteiger partial charge in [0, 0.05) is 14.2 Å². The number of hydrogen-bond acceptors (Lipinski definition) is 6. The third-order valence-corrected chi connectivity index (χ3v) is 2.24. The van der Waals surface area contributed by atoms with Crippen molar-refractivity contribution in [2.24, 2.45) is 0 Å². The minimum Gasteiger partial charge on any atom is -0.507 e. The van der Waals surface area contributed by atoms with E-state index in [4.69, 9.17) is 10.2 Å². The van der Waals surface area contributed by atoms with Gasteiger partial charge in [-0.25, -0.2) is 13.2 Å². The van der Waals surface area contributed by atoms with E-state index in [-0.39, 0.29) is 13.2 Å². The van der Waals surface area contributed by atoms with Crippen LogP contribution in [0.5, 0.6) is 5.75 Å². The molecule has 0 unspecified atom stereocenters. The summed E-state index contributed by atoms with van der Waals surface area (Å²) >= 11 is 0. The normalized spacial score (nSPS) is 10.2. The lowest BCUT2D eigenvalue weighted by molar-refractivity contribution is 0.0650. The van der Waals surface area contributed by atoms with Crippen molar-refractivity contribution >= 4 is 7.32 Å². The maximum Gasteiger partial charge on any atom is 0.712 e. The van der Waals surface area contributed by atoms with Gasteiger partial charge < -0.3 is 28.9 Å². The first-order chi connectivity index (χ1) is 11.3. The van der Waals surface area contributed by atoms with Crippen LogP contribution >= 0.6 is 0 Å². The number of ether oxygens (including phenoxy) is 1. The Hall–Kier alpha value is -1.47. The zero-order valence-corrected chi connectivity index (χ0v) is 12.8. The Bertz CT molecular complexity index is 470. The van der Waals surface area contributed by atoms with Gasteiger partial charge in [-0.15, -0.1) is 0 Å². The molecular weight excluding hydrogens is 346 g/mol. The molecule has 2 N–H and O–H groups in total. The summed E-state index contributed by atoms with van der Waals surface area (Å²) in [4.78, 5) is 0. The van der Waals surface area contributed by atoms with E-state index >= 15 is 0 Å². The highest BCUT2D eigenvalue weighted by atomic mass is 19.2. The lowest BCUT2D eigenvalue weighted by Gasteiger charge is -2.13. The van der Waals surface area contributed by atoms with E-state index in [1.54, 1.807) is 0 Å². The van der Waals surface area contributed by atoms with Gasteiger partial charge in [0.25, 0.3) is 0 Å². The van der Waals surface area contributed by atoms with Crippen LogP contribution in [0.4, 0.5) is 22.0 Å². The SMILES string of the molecule is COB(OC)Oc1c(F)c(F)c(F)c(F)c1F.OCCOCCO. The second kappa shape index (κ2) is 12.0. The van der Waals surface area contributed by atoms with E-state index in [2.05, 4.69) is 18.7 Å². The zero-order valence-electron chi connectivity index (χ0n) is 12.8. The molecule has 1 rings (SSSR count). The van der Waals surface area contributed by atoms with Crippen LogP contribution in [0.3, 0.4) is 0 Å². The quantitative estimate of drug-likeness (QED) is 0.237. The number of hydrogen-bond donors (Lipinski definition) is 2. The topological polar surface area (TPSA) is 77.4 Å². The summed E-state index contributed by atoms with van der Waals surface area (Å²) in [5, 5.41) is 16.2. The molecule has 0 amide bonds.